The Morgan fingerprint density at radius 1 is 0.345 bits per heavy atom. The normalized spacial score (nSPS) is 11.6. The zero-order valence-electron chi connectivity index (χ0n) is 29.8. The number of nitrogens with zero attached hydrogens (tertiary/aromatic N) is 1. The molecule has 0 saturated heterocycles. The zero-order valence-corrected chi connectivity index (χ0v) is 30.6. The third kappa shape index (κ3) is 5.40. The van der Waals surface area contributed by atoms with Crippen LogP contribution in [0.4, 0.5) is 17.1 Å². The van der Waals surface area contributed by atoms with E-state index in [9.17, 15) is 0 Å². The highest BCUT2D eigenvalue weighted by Crippen LogP contribution is 2.45. The quantitative estimate of drug-likeness (QED) is 0.170. The van der Waals surface area contributed by atoms with Crippen LogP contribution in [0, 0.1) is 0 Å². The van der Waals surface area contributed by atoms with E-state index in [1.807, 2.05) is 23.5 Å². The molecule has 0 atom stereocenters. The Balaban J connectivity index is 1.05. The lowest BCUT2D eigenvalue weighted by molar-refractivity contribution is 0.669. The first kappa shape index (κ1) is 31.6. The Kier molecular flexibility index (Phi) is 7.39. The van der Waals surface area contributed by atoms with Crippen LogP contribution in [0.15, 0.2) is 205 Å². The SMILES string of the molecule is c1cc(-c2ccc(N(c3ccc4oc5ccccc5c4c3)c3ccccc3-c3ccc4c(c3)sc3ccccc34)cc2)cc(-c2cccc3ccccc23)c1. The van der Waals surface area contributed by atoms with E-state index in [2.05, 4.69) is 193 Å². The maximum absolute atomic E-state index is 6.27. The number of hydrogen-bond acceptors (Lipinski definition) is 3. The van der Waals surface area contributed by atoms with Gasteiger partial charge in [0.1, 0.15) is 11.2 Å². The summed E-state index contributed by atoms with van der Waals surface area (Å²) in [6, 6.07) is 72.3. The van der Waals surface area contributed by atoms with Crippen LogP contribution in [0.5, 0.6) is 0 Å². The number of rotatable bonds is 6. The zero-order chi connectivity index (χ0) is 36.3. The van der Waals surface area contributed by atoms with Crippen molar-refractivity contribution in [3.63, 3.8) is 0 Å². The highest BCUT2D eigenvalue weighted by atomic mass is 32.1. The minimum absolute atomic E-state index is 0.884. The molecule has 258 valence electrons. The van der Waals surface area contributed by atoms with E-state index in [0.717, 1.165) is 39.0 Å². The average molecular weight is 720 g/mol. The van der Waals surface area contributed by atoms with Crippen LogP contribution >= 0.6 is 11.3 Å². The van der Waals surface area contributed by atoms with Crippen LogP contribution in [0.3, 0.4) is 0 Å². The predicted molar refractivity (Wildman–Crippen MR) is 235 cm³/mol. The lowest BCUT2D eigenvalue weighted by Crippen LogP contribution is -2.11. The molecule has 9 aromatic carbocycles. The summed E-state index contributed by atoms with van der Waals surface area (Å²) in [6.07, 6.45) is 0. The molecule has 0 N–H and O–H groups in total. The Hall–Kier alpha value is -6.94. The van der Waals surface area contributed by atoms with Crippen molar-refractivity contribution in [2.24, 2.45) is 0 Å². The maximum Gasteiger partial charge on any atom is 0.135 e. The number of fused-ring (bicyclic) bond motifs is 7. The van der Waals surface area contributed by atoms with Crippen LogP contribution in [0.1, 0.15) is 0 Å². The van der Waals surface area contributed by atoms with Gasteiger partial charge in [-0.05, 0) is 99.3 Å². The molecule has 55 heavy (non-hydrogen) atoms. The van der Waals surface area contributed by atoms with Gasteiger partial charge in [-0.1, -0.05) is 140 Å². The van der Waals surface area contributed by atoms with Crippen molar-refractivity contribution in [2.45, 2.75) is 0 Å². The number of anilines is 3. The summed E-state index contributed by atoms with van der Waals surface area (Å²) in [5.74, 6) is 0. The first-order valence-electron chi connectivity index (χ1n) is 18.7. The fraction of sp³-hybridized carbons (Fsp3) is 0. The van der Waals surface area contributed by atoms with Crippen LogP contribution in [0.2, 0.25) is 0 Å². The van der Waals surface area contributed by atoms with Crippen molar-refractivity contribution < 1.29 is 4.42 Å². The molecule has 0 unspecified atom stereocenters. The van der Waals surface area contributed by atoms with E-state index in [0.29, 0.717) is 0 Å². The van der Waals surface area contributed by atoms with Gasteiger partial charge in [-0.25, -0.2) is 0 Å². The molecule has 11 rings (SSSR count). The first-order chi connectivity index (χ1) is 27.2. The monoisotopic (exact) mass is 719 g/mol. The molecule has 0 saturated carbocycles. The van der Waals surface area contributed by atoms with Crippen LogP contribution in [-0.4, -0.2) is 0 Å². The summed E-state index contributed by atoms with van der Waals surface area (Å²) in [5, 5.41) is 7.35. The van der Waals surface area contributed by atoms with Gasteiger partial charge in [-0.15, -0.1) is 11.3 Å². The fourth-order valence-corrected chi connectivity index (χ4v) is 9.38. The Bertz CT molecular complexity index is 3220. The lowest BCUT2D eigenvalue weighted by atomic mass is 9.95. The molecule has 0 amide bonds. The molecule has 0 bridgehead atoms. The second-order valence-electron chi connectivity index (χ2n) is 14.1. The molecule has 2 aromatic heterocycles. The van der Waals surface area contributed by atoms with Gasteiger partial charge < -0.3 is 9.32 Å². The Morgan fingerprint density at radius 2 is 0.982 bits per heavy atom. The highest BCUT2D eigenvalue weighted by Gasteiger charge is 2.20. The fourth-order valence-electron chi connectivity index (χ4n) is 8.23. The van der Waals surface area contributed by atoms with E-state index in [1.54, 1.807) is 0 Å². The number of furan rings is 1. The van der Waals surface area contributed by atoms with Gasteiger partial charge in [0.05, 0.1) is 5.69 Å². The lowest BCUT2D eigenvalue weighted by Gasteiger charge is -2.28. The molecule has 2 heterocycles. The van der Waals surface area contributed by atoms with E-state index < -0.39 is 0 Å². The van der Waals surface area contributed by atoms with Gasteiger partial charge in [-0.2, -0.15) is 0 Å². The smallest absolute Gasteiger partial charge is 0.135 e. The number of thiophene rings is 1. The van der Waals surface area contributed by atoms with Crippen LogP contribution in [-0.2, 0) is 0 Å². The van der Waals surface area contributed by atoms with Crippen molar-refractivity contribution in [1.29, 1.82) is 0 Å². The second-order valence-corrected chi connectivity index (χ2v) is 15.2. The van der Waals surface area contributed by atoms with Gasteiger partial charge in [-0.3, -0.25) is 0 Å². The molecule has 0 aliphatic heterocycles. The third-order valence-corrected chi connectivity index (χ3v) is 12.0. The number of para-hydroxylation sites is 2. The minimum Gasteiger partial charge on any atom is -0.456 e. The topological polar surface area (TPSA) is 16.4 Å². The molecule has 11 aromatic rings. The third-order valence-electron chi connectivity index (χ3n) is 10.9. The summed E-state index contributed by atoms with van der Waals surface area (Å²) >= 11 is 1.86. The van der Waals surface area contributed by atoms with Crippen molar-refractivity contribution in [3.8, 4) is 33.4 Å². The molecule has 0 spiro atoms. The number of benzene rings is 9. The summed E-state index contributed by atoms with van der Waals surface area (Å²) in [4.78, 5) is 2.39. The van der Waals surface area contributed by atoms with E-state index >= 15 is 0 Å². The Morgan fingerprint density at radius 3 is 1.91 bits per heavy atom. The molecule has 2 nitrogen and oxygen atoms in total. The van der Waals surface area contributed by atoms with Crippen LogP contribution in [0.25, 0.3) is 86.3 Å². The highest BCUT2D eigenvalue weighted by molar-refractivity contribution is 7.25. The molecule has 0 aliphatic rings. The first-order valence-corrected chi connectivity index (χ1v) is 19.5. The number of hydrogen-bond donors (Lipinski definition) is 0. The van der Waals surface area contributed by atoms with E-state index in [1.165, 1.54) is 64.3 Å². The standard InChI is InChI=1S/C52H33NOS/c1-2-15-41-35(11-1)12-10-19-42(41)37-14-9-13-36(31-37)34-23-26-39(27-24-34)53(40-28-30-50-47(33-40)44-17-4-7-21-49(44)54-50)48-20-6-3-16-43(48)38-25-29-46-45-18-5-8-22-51(45)55-52(46)32-38/h1-33H. The van der Waals surface area contributed by atoms with Gasteiger partial charge in [0.2, 0.25) is 0 Å². The van der Waals surface area contributed by atoms with E-state index in [-0.39, 0.29) is 0 Å². The molecular formula is C52H33NOS. The minimum atomic E-state index is 0.884. The molecule has 0 radical (unpaired) electrons. The Labute approximate surface area is 322 Å². The maximum atomic E-state index is 6.27. The van der Waals surface area contributed by atoms with Gasteiger partial charge in [0.15, 0.2) is 0 Å². The van der Waals surface area contributed by atoms with Crippen molar-refractivity contribution in [3.05, 3.63) is 200 Å². The van der Waals surface area contributed by atoms with Crippen LogP contribution < -0.4 is 4.90 Å². The predicted octanol–water partition coefficient (Wildman–Crippen LogP) is 15.6. The average Bonchev–Trinajstić information content (AvgIpc) is 3.82. The molecule has 3 heteroatoms. The summed E-state index contributed by atoms with van der Waals surface area (Å²) in [6.45, 7) is 0. The van der Waals surface area contributed by atoms with E-state index in [4.69, 9.17) is 4.42 Å². The summed E-state index contributed by atoms with van der Waals surface area (Å²) in [5.41, 5.74) is 12.2. The van der Waals surface area contributed by atoms with Gasteiger partial charge >= 0.3 is 0 Å². The van der Waals surface area contributed by atoms with Crippen molar-refractivity contribution in [2.75, 3.05) is 4.90 Å². The molecular weight excluding hydrogens is 687 g/mol. The second kappa shape index (κ2) is 12.9. The van der Waals surface area contributed by atoms with Gasteiger partial charge in [0.25, 0.3) is 0 Å². The molecule has 0 aliphatic carbocycles. The van der Waals surface area contributed by atoms with Crippen molar-refractivity contribution >= 4 is 81.3 Å². The summed E-state index contributed by atoms with van der Waals surface area (Å²) in [7, 11) is 0. The summed E-state index contributed by atoms with van der Waals surface area (Å²) < 4.78 is 8.88. The largest absolute Gasteiger partial charge is 0.456 e. The molecule has 0 fully saturated rings. The van der Waals surface area contributed by atoms with Gasteiger partial charge in [0, 0.05) is 47.9 Å². The van der Waals surface area contributed by atoms with Crippen molar-refractivity contribution in [1.82, 2.24) is 0 Å².